The first-order chi connectivity index (χ1) is 9.71. The second-order valence-corrected chi connectivity index (χ2v) is 6.73. The van der Waals surface area contributed by atoms with Gasteiger partial charge in [-0.25, -0.2) is 0 Å². The molecule has 2 N–H and O–H groups in total. The van der Waals surface area contributed by atoms with Gasteiger partial charge in [-0.05, 0) is 37.8 Å². The van der Waals surface area contributed by atoms with Crippen LogP contribution in [0.5, 0.6) is 0 Å². The van der Waals surface area contributed by atoms with Gasteiger partial charge in [-0.3, -0.25) is 9.69 Å². The number of carbonyl (C=O) groups excluding carboxylic acids is 1. The van der Waals surface area contributed by atoms with Crippen molar-refractivity contribution >= 4 is 11.6 Å². The molecule has 21 heavy (non-hydrogen) atoms. The number of rotatable bonds is 4. The SMILES string of the molecule is Cc1cc(C)c(NC(=O)CN2CC(O)(C(C)C)C2)c(C)c1. The summed E-state index contributed by atoms with van der Waals surface area (Å²) in [5.74, 6) is 0.203. The van der Waals surface area contributed by atoms with E-state index in [4.69, 9.17) is 0 Å². The summed E-state index contributed by atoms with van der Waals surface area (Å²) in [7, 11) is 0. The lowest BCUT2D eigenvalue weighted by Crippen LogP contribution is -2.65. The van der Waals surface area contributed by atoms with E-state index in [1.165, 1.54) is 5.56 Å². The largest absolute Gasteiger partial charge is 0.387 e. The van der Waals surface area contributed by atoms with Crippen molar-refractivity contribution in [3.05, 3.63) is 28.8 Å². The zero-order chi connectivity index (χ0) is 15.8. The number of nitrogens with one attached hydrogen (secondary N) is 1. The van der Waals surface area contributed by atoms with Crippen LogP contribution in [0.15, 0.2) is 12.1 Å². The van der Waals surface area contributed by atoms with Crippen LogP contribution in [0.4, 0.5) is 5.69 Å². The molecule has 1 aliphatic rings. The van der Waals surface area contributed by atoms with Crippen LogP contribution in [0.2, 0.25) is 0 Å². The van der Waals surface area contributed by atoms with E-state index in [0.717, 1.165) is 16.8 Å². The van der Waals surface area contributed by atoms with Gasteiger partial charge in [-0.15, -0.1) is 0 Å². The summed E-state index contributed by atoms with van der Waals surface area (Å²) < 4.78 is 0. The number of hydrogen-bond acceptors (Lipinski definition) is 3. The lowest BCUT2D eigenvalue weighted by molar-refractivity contribution is -0.139. The van der Waals surface area contributed by atoms with Gasteiger partial charge >= 0.3 is 0 Å². The minimum Gasteiger partial charge on any atom is -0.387 e. The molecule has 1 heterocycles. The molecule has 0 unspecified atom stereocenters. The predicted molar refractivity (Wildman–Crippen MR) is 85.5 cm³/mol. The second kappa shape index (κ2) is 5.78. The molecule has 1 aliphatic heterocycles. The van der Waals surface area contributed by atoms with Gasteiger partial charge in [0.1, 0.15) is 0 Å². The van der Waals surface area contributed by atoms with Crippen molar-refractivity contribution in [3.8, 4) is 0 Å². The summed E-state index contributed by atoms with van der Waals surface area (Å²) in [5, 5.41) is 13.2. The quantitative estimate of drug-likeness (QED) is 0.894. The Labute approximate surface area is 127 Å². The monoisotopic (exact) mass is 290 g/mol. The van der Waals surface area contributed by atoms with E-state index >= 15 is 0 Å². The molecule has 116 valence electrons. The fourth-order valence-electron chi connectivity index (χ4n) is 2.96. The van der Waals surface area contributed by atoms with Crippen LogP contribution in [0, 0.1) is 26.7 Å². The number of amides is 1. The fourth-order valence-corrected chi connectivity index (χ4v) is 2.96. The molecule has 2 rings (SSSR count). The van der Waals surface area contributed by atoms with Crippen LogP contribution in [-0.4, -0.2) is 41.1 Å². The Balaban J connectivity index is 1.92. The van der Waals surface area contributed by atoms with Gasteiger partial charge < -0.3 is 10.4 Å². The van der Waals surface area contributed by atoms with Crippen LogP contribution in [-0.2, 0) is 4.79 Å². The standard InChI is InChI=1S/C17H26N2O2/c1-11(2)17(21)9-19(10-17)8-15(20)18-16-13(4)6-12(3)7-14(16)5/h6-7,11,21H,8-10H2,1-5H3,(H,18,20). The molecule has 0 aromatic heterocycles. The Morgan fingerprint density at radius 1 is 1.29 bits per heavy atom. The molecule has 0 radical (unpaired) electrons. The third-order valence-corrected chi connectivity index (χ3v) is 4.38. The van der Waals surface area contributed by atoms with Crippen molar-refractivity contribution in [2.45, 2.75) is 40.2 Å². The van der Waals surface area contributed by atoms with Crippen molar-refractivity contribution in [2.24, 2.45) is 5.92 Å². The zero-order valence-electron chi connectivity index (χ0n) is 13.7. The molecule has 4 heteroatoms. The average Bonchev–Trinajstić information content (AvgIpc) is 2.31. The number of nitrogens with zero attached hydrogens (tertiary/aromatic N) is 1. The molecule has 0 atom stereocenters. The lowest BCUT2D eigenvalue weighted by atomic mass is 9.83. The number of likely N-dealkylation sites (tertiary alicyclic amines) is 1. The first-order valence-electron chi connectivity index (χ1n) is 7.54. The maximum absolute atomic E-state index is 12.2. The molecule has 1 fully saturated rings. The van der Waals surface area contributed by atoms with E-state index in [0.29, 0.717) is 19.6 Å². The summed E-state index contributed by atoms with van der Waals surface area (Å²) in [5.41, 5.74) is 3.65. The van der Waals surface area contributed by atoms with Gasteiger partial charge in [0.05, 0.1) is 12.1 Å². The molecule has 1 aromatic rings. The van der Waals surface area contributed by atoms with E-state index in [2.05, 4.69) is 24.4 Å². The number of anilines is 1. The Hall–Kier alpha value is -1.39. The van der Waals surface area contributed by atoms with E-state index in [1.54, 1.807) is 0 Å². The second-order valence-electron chi connectivity index (χ2n) is 6.73. The number of hydrogen-bond donors (Lipinski definition) is 2. The van der Waals surface area contributed by atoms with E-state index < -0.39 is 5.60 Å². The van der Waals surface area contributed by atoms with Crippen molar-refractivity contribution < 1.29 is 9.90 Å². The lowest BCUT2D eigenvalue weighted by Gasteiger charge is -2.48. The van der Waals surface area contributed by atoms with E-state index in [9.17, 15) is 9.90 Å². The fraction of sp³-hybridized carbons (Fsp3) is 0.588. The molecular weight excluding hydrogens is 264 g/mol. The Morgan fingerprint density at radius 3 is 2.29 bits per heavy atom. The highest BCUT2D eigenvalue weighted by atomic mass is 16.3. The van der Waals surface area contributed by atoms with Crippen LogP contribution in [0.1, 0.15) is 30.5 Å². The number of aryl methyl sites for hydroxylation is 3. The van der Waals surface area contributed by atoms with Gasteiger partial charge in [-0.1, -0.05) is 31.5 Å². The minimum absolute atomic E-state index is 0.0177. The average molecular weight is 290 g/mol. The molecule has 1 amide bonds. The smallest absolute Gasteiger partial charge is 0.238 e. The van der Waals surface area contributed by atoms with Crippen LogP contribution >= 0.6 is 0 Å². The first kappa shape index (κ1) is 16.0. The third kappa shape index (κ3) is 3.44. The van der Waals surface area contributed by atoms with Crippen molar-refractivity contribution in [2.75, 3.05) is 25.0 Å². The topological polar surface area (TPSA) is 52.6 Å². The number of aliphatic hydroxyl groups is 1. The first-order valence-corrected chi connectivity index (χ1v) is 7.54. The zero-order valence-corrected chi connectivity index (χ0v) is 13.7. The molecule has 0 spiro atoms. The molecule has 0 aliphatic carbocycles. The van der Waals surface area contributed by atoms with Crippen LogP contribution < -0.4 is 5.32 Å². The highest BCUT2D eigenvalue weighted by Gasteiger charge is 2.43. The van der Waals surface area contributed by atoms with E-state index in [-0.39, 0.29) is 11.8 Å². The van der Waals surface area contributed by atoms with Crippen LogP contribution in [0.3, 0.4) is 0 Å². The molecule has 0 saturated carbocycles. The van der Waals surface area contributed by atoms with Gasteiger partial charge in [-0.2, -0.15) is 0 Å². The van der Waals surface area contributed by atoms with Gasteiger partial charge in [0, 0.05) is 18.8 Å². The van der Waals surface area contributed by atoms with E-state index in [1.807, 2.05) is 32.6 Å². The maximum Gasteiger partial charge on any atom is 0.238 e. The Morgan fingerprint density at radius 2 is 1.81 bits per heavy atom. The number of β-amino-alcohol motifs (C(OH)–C–C–N with tert-alkyl or cyclic N) is 1. The van der Waals surface area contributed by atoms with Gasteiger partial charge in [0.2, 0.25) is 5.91 Å². The molecule has 0 bridgehead atoms. The molecule has 4 nitrogen and oxygen atoms in total. The third-order valence-electron chi connectivity index (χ3n) is 4.38. The van der Waals surface area contributed by atoms with Crippen molar-refractivity contribution in [1.82, 2.24) is 4.90 Å². The molecular formula is C17H26N2O2. The van der Waals surface area contributed by atoms with Crippen molar-refractivity contribution in [1.29, 1.82) is 0 Å². The predicted octanol–water partition coefficient (Wildman–Crippen LogP) is 2.25. The summed E-state index contributed by atoms with van der Waals surface area (Å²) in [6, 6.07) is 4.15. The summed E-state index contributed by atoms with van der Waals surface area (Å²) in [4.78, 5) is 14.1. The molecule has 1 aromatic carbocycles. The summed E-state index contributed by atoms with van der Waals surface area (Å²) >= 11 is 0. The van der Waals surface area contributed by atoms with Gasteiger partial charge in [0.15, 0.2) is 0 Å². The number of carbonyl (C=O) groups is 1. The summed E-state index contributed by atoms with van der Waals surface area (Å²) in [6.45, 7) is 11.6. The number of benzene rings is 1. The summed E-state index contributed by atoms with van der Waals surface area (Å²) in [6.07, 6.45) is 0. The van der Waals surface area contributed by atoms with Gasteiger partial charge in [0.25, 0.3) is 0 Å². The Bertz CT molecular complexity index is 523. The van der Waals surface area contributed by atoms with Crippen molar-refractivity contribution in [3.63, 3.8) is 0 Å². The molecule has 1 saturated heterocycles. The van der Waals surface area contributed by atoms with Crippen LogP contribution in [0.25, 0.3) is 0 Å². The maximum atomic E-state index is 12.2. The normalized spacial score (nSPS) is 17.7. The Kier molecular flexibility index (Phi) is 4.40. The highest BCUT2D eigenvalue weighted by molar-refractivity contribution is 5.93. The minimum atomic E-state index is -0.629. The highest BCUT2D eigenvalue weighted by Crippen LogP contribution is 2.28.